The lowest BCUT2D eigenvalue weighted by molar-refractivity contribution is -0.143. The first-order chi connectivity index (χ1) is 11.6. The summed E-state index contributed by atoms with van der Waals surface area (Å²) in [5.74, 6) is -0.791. The molecule has 0 unspecified atom stereocenters. The molecule has 0 aliphatic heterocycles. The van der Waals surface area contributed by atoms with Gasteiger partial charge in [0.25, 0.3) is 0 Å². The van der Waals surface area contributed by atoms with Gasteiger partial charge in [-0.2, -0.15) is 0 Å². The van der Waals surface area contributed by atoms with Crippen molar-refractivity contribution in [2.24, 2.45) is 0 Å². The minimum atomic E-state index is -0.672. The van der Waals surface area contributed by atoms with E-state index in [1.807, 2.05) is 18.2 Å². The molecule has 3 rings (SSSR count). The predicted octanol–water partition coefficient (Wildman–Crippen LogP) is 2.17. The molecule has 1 aromatic heterocycles. The van der Waals surface area contributed by atoms with Gasteiger partial charge in [0.15, 0.2) is 0 Å². The molecule has 6 nitrogen and oxygen atoms in total. The zero-order valence-corrected chi connectivity index (χ0v) is 13.7. The third-order valence-corrected chi connectivity index (χ3v) is 4.29. The van der Waals surface area contributed by atoms with E-state index in [2.05, 4.69) is 16.4 Å². The Kier molecular flexibility index (Phi) is 4.46. The number of anilines is 1. The average Bonchev–Trinajstić information content (AvgIpc) is 3.05. The molecule has 1 atom stereocenters. The normalized spacial score (nSPS) is 15.5. The van der Waals surface area contributed by atoms with Gasteiger partial charge < -0.3 is 15.0 Å². The molecule has 6 heteroatoms. The summed E-state index contributed by atoms with van der Waals surface area (Å²) in [6.45, 7) is 0. The second-order valence-corrected chi connectivity index (χ2v) is 5.71. The molecule has 0 saturated heterocycles. The lowest BCUT2D eigenvalue weighted by atomic mass is 10.1. The van der Waals surface area contributed by atoms with Crippen LogP contribution in [0.2, 0.25) is 0 Å². The number of carbonyl (C=O) groups is 2. The Bertz CT molecular complexity index is 758. The molecule has 0 spiro atoms. The van der Waals surface area contributed by atoms with Crippen LogP contribution in [0, 0.1) is 0 Å². The number of likely N-dealkylation sites (N-methyl/N-ethyl adjacent to an activating group) is 1. The Balaban J connectivity index is 1.68. The van der Waals surface area contributed by atoms with Crippen LogP contribution in [0.4, 0.5) is 5.69 Å². The maximum absolute atomic E-state index is 12.4. The molecule has 124 valence electrons. The molecule has 0 radical (unpaired) electrons. The Labute approximate surface area is 140 Å². The molecule has 1 aromatic carbocycles. The Morgan fingerprint density at radius 1 is 1.25 bits per heavy atom. The standard InChI is InChI=1S/C18H19N3O3/c1-21(15-9-7-12-5-3-4-6-14(12)15)18(23)17(22)20-13-8-10-16(24-2)19-11-13/h3-6,8,10-11,15H,7,9H2,1-2H3,(H,20,22)/t15-/m0/s1. The Morgan fingerprint density at radius 3 is 2.75 bits per heavy atom. The molecule has 0 bridgehead atoms. The lowest BCUT2D eigenvalue weighted by Crippen LogP contribution is -2.38. The van der Waals surface area contributed by atoms with Crippen molar-refractivity contribution in [3.63, 3.8) is 0 Å². The number of ether oxygens (including phenoxy) is 1. The molecule has 0 saturated carbocycles. The number of hydrogen-bond acceptors (Lipinski definition) is 4. The molecule has 2 aromatic rings. The zero-order chi connectivity index (χ0) is 17.1. The van der Waals surface area contributed by atoms with Crippen molar-refractivity contribution in [1.82, 2.24) is 9.88 Å². The van der Waals surface area contributed by atoms with E-state index in [4.69, 9.17) is 4.74 Å². The number of pyridine rings is 1. The fourth-order valence-electron chi connectivity index (χ4n) is 3.00. The fraction of sp³-hybridized carbons (Fsp3) is 0.278. The van der Waals surface area contributed by atoms with Crippen LogP contribution >= 0.6 is 0 Å². The molecule has 1 heterocycles. The van der Waals surface area contributed by atoms with E-state index in [-0.39, 0.29) is 6.04 Å². The minimum Gasteiger partial charge on any atom is -0.481 e. The van der Waals surface area contributed by atoms with Crippen molar-refractivity contribution >= 4 is 17.5 Å². The zero-order valence-electron chi connectivity index (χ0n) is 13.7. The highest BCUT2D eigenvalue weighted by Crippen LogP contribution is 2.34. The fourth-order valence-corrected chi connectivity index (χ4v) is 3.00. The van der Waals surface area contributed by atoms with Gasteiger partial charge in [-0.1, -0.05) is 24.3 Å². The number of benzene rings is 1. The SMILES string of the molecule is COc1ccc(NC(=O)C(=O)N(C)[C@H]2CCc3ccccc32)cn1. The number of hydrogen-bond donors (Lipinski definition) is 1. The summed E-state index contributed by atoms with van der Waals surface area (Å²) in [7, 11) is 3.18. The van der Waals surface area contributed by atoms with Gasteiger partial charge in [0.05, 0.1) is 25.0 Å². The number of carbonyl (C=O) groups excluding carboxylic acids is 2. The lowest BCUT2D eigenvalue weighted by Gasteiger charge is -2.24. The summed E-state index contributed by atoms with van der Waals surface area (Å²) in [4.78, 5) is 30.2. The van der Waals surface area contributed by atoms with Gasteiger partial charge in [-0.05, 0) is 30.0 Å². The van der Waals surface area contributed by atoms with E-state index in [0.29, 0.717) is 11.6 Å². The van der Waals surface area contributed by atoms with Gasteiger partial charge in [-0.25, -0.2) is 4.98 Å². The van der Waals surface area contributed by atoms with Crippen molar-refractivity contribution in [2.75, 3.05) is 19.5 Å². The monoisotopic (exact) mass is 325 g/mol. The van der Waals surface area contributed by atoms with Gasteiger partial charge in [0.1, 0.15) is 0 Å². The molecule has 24 heavy (non-hydrogen) atoms. The quantitative estimate of drug-likeness (QED) is 0.878. The largest absolute Gasteiger partial charge is 0.481 e. The van der Waals surface area contributed by atoms with Crippen LogP contribution in [0.1, 0.15) is 23.6 Å². The smallest absolute Gasteiger partial charge is 0.313 e. The average molecular weight is 325 g/mol. The topological polar surface area (TPSA) is 71.5 Å². The van der Waals surface area contributed by atoms with Crippen molar-refractivity contribution in [1.29, 1.82) is 0 Å². The Hall–Kier alpha value is -2.89. The van der Waals surface area contributed by atoms with Crippen LogP contribution in [0.5, 0.6) is 5.88 Å². The minimum absolute atomic E-state index is 0.0616. The van der Waals surface area contributed by atoms with Crippen LogP contribution in [-0.2, 0) is 16.0 Å². The van der Waals surface area contributed by atoms with Crippen LogP contribution in [0.3, 0.4) is 0 Å². The van der Waals surface area contributed by atoms with Gasteiger partial charge >= 0.3 is 11.8 Å². The molecule has 1 aliphatic carbocycles. The molecule has 2 amide bonds. The van der Waals surface area contributed by atoms with Gasteiger partial charge in [-0.3, -0.25) is 9.59 Å². The summed E-state index contributed by atoms with van der Waals surface area (Å²) in [5.41, 5.74) is 2.81. The van der Waals surface area contributed by atoms with Gasteiger partial charge in [-0.15, -0.1) is 0 Å². The molecule has 1 N–H and O–H groups in total. The van der Waals surface area contributed by atoms with Crippen molar-refractivity contribution in [2.45, 2.75) is 18.9 Å². The summed E-state index contributed by atoms with van der Waals surface area (Å²) in [5, 5.41) is 2.57. The number of aryl methyl sites for hydroxylation is 1. The maximum Gasteiger partial charge on any atom is 0.313 e. The van der Waals surface area contributed by atoms with E-state index in [0.717, 1.165) is 18.4 Å². The number of nitrogens with zero attached hydrogens (tertiary/aromatic N) is 2. The third kappa shape index (κ3) is 3.08. The molecule has 1 aliphatic rings. The first-order valence-electron chi connectivity index (χ1n) is 7.76. The van der Waals surface area contributed by atoms with Crippen molar-refractivity contribution < 1.29 is 14.3 Å². The summed E-state index contributed by atoms with van der Waals surface area (Å²) in [6.07, 6.45) is 3.20. The summed E-state index contributed by atoms with van der Waals surface area (Å²) >= 11 is 0. The second-order valence-electron chi connectivity index (χ2n) is 5.71. The molecular formula is C18H19N3O3. The van der Waals surface area contributed by atoms with Crippen molar-refractivity contribution in [3.8, 4) is 5.88 Å². The van der Waals surface area contributed by atoms with Crippen LogP contribution in [0.25, 0.3) is 0 Å². The maximum atomic E-state index is 12.4. The molecular weight excluding hydrogens is 306 g/mol. The predicted molar refractivity (Wildman–Crippen MR) is 89.7 cm³/mol. The first kappa shape index (κ1) is 16.0. The third-order valence-electron chi connectivity index (χ3n) is 4.29. The number of methoxy groups -OCH3 is 1. The number of aromatic nitrogens is 1. The van der Waals surface area contributed by atoms with Crippen LogP contribution in [0.15, 0.2) is 42.6 Å². The van der Waals surface area contributed by atoms with Crippen LogP contribution in [-0.4, -0.2) is 35.9 Å². The summed E-state index contributed by atoms with van der Waals surface area (Å²) in [6, 6.07) is 11.2. The second kappa shape index (κ2) is 6.70. The Morgan fingerprint density at radius 2 is 2.04 bits per heavy atom. The molecule has 0 fully saturated rings. The first-order valence-corrected chi connectivity index (χ1v) is 7.76. The number of amides is 2. The summed E-state index contributed by atoms with van der Waals surface area (Å²) < 4.78 is 4.96. The number of rotatable bonds is 3. The van der Waals surface area contributed by atoms with E-state index >= 15 is 0 Å². The van der Waals surface area contributed by atoms with Crippen LogP contribution < -0.4 is 10.1 Å². The van der Waals surface area contributed by atoms with E-state index in [1.54, 1.807) is 19.2 Å². The highest BCUT2D eigenvalue weighted by Gasteiger charge is 2.31. The van der Waals surface area contributed by atoms with Gasteiger partial charge in [0.2, 0.25) is 5.88 Å². The van der Waals surface area contributed by atoms with E-state index in [9.17, 15) is 9.59 Å². The number of nitrogens with one attached hydrogen (secondary N) is 1. The highest BCUT2D eigenvalue weighted by atomic mass is 16.5. The van der Waals surface area contributed by atoms with E-state index < -0.39 is 11.8 Å². The van der Waals surface area contributed by atoms with Gasteiger partial charge in [0, 0.05) is 13.1 Å². The van der Waals surface area contributed by atoms with E-state index in [1.165, 1.54) is 23.8 Å². The highest BCUT2D eigenvalue weighted by molar-refractivity contribution is 6.39. The number of fused-ring (bicyclic) bond motifs is 1. The van der Waals surface area contributed by atoms with Crippen molar-refractivity contribution in [3.05, 3.63) is 53.7 Å².